The molecule has 1 aromatic rings. The van der Waals surface area contributed by atoms with Crippen molar-refractivity contribution in [3.05, 3.63) is 47.5 Å². The molecule has 1 N–H and O–H groups in total. The molecule has 2 aliphatic heterocycles. The third kappa shape index (κ3) is 2.76. The van der Waals surface area contributed by atoms with Crippen LogP contribution in [0.1, 0.15) is 12.0 Å². The van der Waals surface area contributed by atoms with Gasteiger partial charge in [-0.1, -0.05) is 30.3 Å². The van der Waals surface area contributed by atoms with E-state index < -0.39 is 0 Å². The number of nitriles is 1. The van der Waals surface area contributed by atoms with Gasteiger partial charge in [0, 0.05) is 19.2 Å². The van der Waals surface area contributed by atoms with E-state index in [1.165, 1.54) is 0 Å². The van der Waals surface area contributed by atoms with E-state index >= 15 is 0 Å². The smallest absolute Gasteiger partial charge is 0.410 e. The second-order valence-electron chi connectivity index (χ2n) is 5.33. The number of rotatable bonds is 2. The summed E-state index contributed by atoms with van der Waals surface area (Å²) in [6.07, 6.45) is 2.03. The molecule has 0 aromatic heterocycles. The van der Waals surface area contributed by atoms with E-state index in [2.05, 4.69) is 11.4 Å². The van der Waals surface area contributed by atoms with Crippen molar-refractivity contribution in [1.29, 1.82) is 5.26 Å². The van der Waals surface area contributed by atoms with Crippen LogP contribution in [0.2, 0.25) is 0 Å². The lowest BCUT2D eigenvalue weighted by molar-refractivity contribution is 0.0715. The number of hydrogen-bond acceptors (Lipinski definition) is 4. The van der Waals surface area contributed by atoms with Gasteiger partial charge in [-0.25, -0.2) is 4.79 Å². The Balaban J connectivity index is 1.67. The quantitative estimate of drug-likeness (QED) is 0.841. The van der Waals surface area contributed by atoms with E-state index in [4.69, 9.17) is 10.00 Å². The van der Waals surface area contributed by atoms with Gasteiger partial charge in [-0.15, -0.1) is 0 Å². The monoisotopic (exact) mass is 283 g/mol. The SMILES string of the molecule is N#C/C=C1/C[C@@H]2CNC[C@H]1N2C(=O)OCc1ccccc1. The zero-order valence-electron chi connectivity index (χ0n) is 11.7. The molecule has 3 rings (SSSR count). The van der Waals surface area contributed by atoms with Crippen LogP contribution in [0.4, 0.5) is 4.79 Å². The Kier molecular flexibility index (Phi) is 3.89. The molecule has 0 spiro atoms. The lowest BCUT2D eigenvalue weighted by Crippen LogP contribution is -2.54. The van der Waals surface area contributed by atoms with Gasteiger partial charge in [0.25, 0.3) is 0 Å². The molecule has 0 unspecified atom stereocenters. The van der Waals surface area contributed by atoms with Crippen molar-refractivity contribution in [3.63, 3.8) is 0 Å². The van der Waals surface area contributed by atoms with Crippen molar-refractivity contribution in [3.8, 4) is 6.07 Å². The lowest BCUT2D eigenvalue weighted by atomic mass is 10.1. The largest absolute Gasteiger partial charge is 0.445 e. The summed E-state index contributed by atoms with van der Waals surface area (Å²) in [5.74, 6) is 0. The predicted octanol–water partition coefficient (Wildman–Crippen LogP) is 1.82. The van der Waals surface area contributed by atoms with Crippen LogP contribution in [0.3, 0.4) is 0 Å². The number of nitrogens with zero attached hydrogens (tertiary/aromatic N) is 2. The first kappa shape index (κ1) is 13.7. The third-order valence-electron chi connectivity index (χ3n) is 4.01. The van der Waals surface area contributed by atoms with E-state index in [-0.39, 0.29) is 24.8 Å². The number of hydrogen-bond donors (Lipinski definition) is 1. The molecule has 2 bridgehead atoms. The molecular weight excluding hydrogens is 266 g/mol. The van der Waals surface area contributed by atoms with Crippen LogP contribution in [0.15, 0.2) is 42.0 Å². The highest BCUT2D eigenvalue weighted by atomic mass is 16.6. The highest BCUT2D eigenvalue weighted by Gasteiger charge is 2.43. The number of nitrogens with one attached hydrogen (secondary N) is 1. The van der Waals surface area contributed by atoms with Gasteiger partial charge in [0.2, 0.25) is 0 Å². The zero-order chi connectivity index (χ0) is 14.7. The van der Waals surface area contributed by atoms with Crippen LogP contribution in [-0.2, 0) is 11.3 Å². The zero-order valence-corrected chi connectivity index (χ0v) is 11.7. The van der Waals surface area contributed by atoms with Crippen LogP contribution in [0.25, 0.3) is 0 Å². The number of amides is 1. The van der Waals surface area contributed by atoms with Crippen molar-refractivity contribution in [2.45, 2.75) is 25.1 Å². The molecule has 5 heteroatoms. The van der Waals surface area contributed by atoms with Crippen LogP contribution in [0, 0.1) is 11.3 Å². The van der Waals surface area contributed by atoms with Crippen molar-refractivity contribution >= 4 is 6.09 Å². The Morgan fingerprint density at radius 3 is 3.00 bits per heavy atom. The first-order valence-corrected chi connectivity index (χ1v) is 7.08. The molecule has 2 aliphatic rings. The highest BCUT2D eigenvalue weighted by molar-refractivity contribution is 5.70. The molecule has 21 heavy (non-hydrogen) atoms. The molecule has 1 aromatic carbocycles. The van der Waals surface area contributed by atoms with Crippen molar-refractivity contribution in [1.82, 2.24) is 10.2 Å². The van der Waals surface area contributed by atoms with E-state index in [1.807, 2.05) is 30.3 Å². The first-order chi connectivity index (χ1) is 10.3. The number of allylic oxidation sites excluding steroid dienone is 1. The Hall–Kier alpha value is -2.32. The Bertz CT molecular complexity index is 591. The molecule has 5 nitrogen and oxygen atoms in total. The summed E-state index contributed by atoms with van der Waals surface area (Å²) in [4.78, 5) is 14.1. The van der Waals surface area contributed by atoms with Crippen LogP contribution < -0.4 is 5.32 Å². The minimum atomic E-state index is -0.295. The Labute approximate surface area is 123 Å². The summed E-state index contributed by atoms with van der Waals surface area (Å²) < 4.78 is 5.42. The van der Waals surface area contributed by atoms with E-state index in [0.29, 0.717) is 6.54 Å². The number of benzene rings is 1. The topological polar surface area (TPSA) is 65.4 Å². The Morgan fingerprint density at radius 2 is 2.24 bits per heavy atom. The Morgan fingerprint density at radius 1 is 1.43 bits per heavy atom. The minimum absolute atomic E-state index is 0.0494. The molecule has 0 saturated carbocycles. The van der Waals surface area contributed by atoms with Gasteiger partial charge < -0.3 is 10.1 Å². The number of fused-ring (bicyclic) bond motifs is 2. The predicted molar refractivity (Wildman–Crippen MR) is 77.2 cm³/mol. The van der Waals surface area contributed by atoms with Gasteiger partial charge in [0.15, 0.2) is 0 Å². The van der Waals surface area contributed by atoms with E-state index in [9.17, 15) is 4.79 Å². The molecule has 108 valence electrons. The lowest BCUT2D eigenvalue weighted by Gasteiger charge is -2.34. The molecule has 0 aliphatic carbocycles. The van der Waals surface area contributed by atoms with Gasteiger partial charge in [0.1, 0.15) is 6.61 Å². The molecule has 2 fully saturated rings. The third-order valence-corrected chi connectivity index (χ3v) is 4.01. The molecule has 2 atom stereocenters. The fraction of sp³-hybridized carbons (Fsp3) is 0.375. The van der Waals surface area contributed by atoms with Crippen LogP contribution in [-0.4, -0.2) is 36.2 Å². The standard InChI is InChI=1S/C16H17N3O2/c17-7-6-13-8-14-9-18-10-15(13)19(14)16(20)21-11-12-4-2-1-3-5-12/h1-6,14-15,18H,8-11H2/b13-6-/t14-,15-/m1/s1. The molecule has 2 saturated heterocycles. The van der Waals surface area contributed by atoms with Gasteiger partial charge in [-0.3, -0.25) is 4.90 Å². The van der Waals surface area contributed by atoms with Crippen LogP contribution >= 0.6 is 0 Å². The maximum absolute atomic E-state index is 12.3. The highest BCUT2D eigenvalue weighted by Crippen LogP contribution is 2.32. The first-order valence-electron chi connectivity index (χ1n) is 7.08. The average molecular weight is 283 g/mol. The van der Waals surface area contributed by atoms with Gasteiger partial charge >= 0.3 is 6.09 Å². The minimum Gasteiger partial charge on any atom is -0.445 e. The summed E-state index contributed by atoms with van der Waals surface area (Å²) >= 11 is 0. The maximum atomic E-state index is 12.3. The summed E-state index contributed by atoms with van der Waals surface area (Å²) in [5, 5.41) is 12.1. The van der Waals surface area contributed by atoms with Crippen molar-refractivity contribution in [2.75, 3.05) is 13.1 Å². The summed E-state index contributed by atoms with van der Waals surface area (Å²) in [7, 11) is 0. The van der Waals surface area contributed by atoms with Gasteiger partial charge in [-0.2, -0.15) is 5.26 Å². The molecule has 0 radical (unpaired) electrons. The van der Waals surface area contributed by atoms with Crippen LogP contribution in [0.5, 0.6) is 0 Å². The van der Waals surface area contributed by atoms with Gasteiger partial charge in [0.05, 0.1) is 18.2 Å². The number of carbonyl (C=O) groups excluding carboxylic acids is 1. The summed E-state index contributed by atoms with van der Waals surface area (Å²) in [5.41, 5.74) is 1.99. The van der Waals surface area contributed by atoms with Crippen molar-refractivity contribution < 1.29 is 9.53 Å². The van der Waals surface area contributed by atoms with E-state index in [0.717, 1.165) is 24.1 Å². The van der Waals surface area contributed by atoms with E-state index in [1.54, 1.807) is 11.0 Å². The molecule has 1 amide bonds. The molecular formula is C16H17N3O2. The fourth-order valence-electron chi connectivity index (χ4n) is 3.03. The number of piperazine rings is 1. The number of ether oxygens (including phenoxy) is 1. The van der Waals surface area contributed by atoms with Crippen molar-refractivity contribution in [2.24, 2.45) is 0 Å². The summed E-state index contributed by atoms with van der Waals surface area (Å²) in [6.45, 7) is 1.71. The normalized spacial score (nSPS) is 25.7. The second-order valence-corrected chi connectivity index (χ2v) is 5.33. The number of carbonyl (C=O) groups is 1. The fourth-order valence-corrected chi connectivity index (χ4v) is 3.03. The average Bonchev–Trinajstić information content (AvgIpc) is 2.72. The second kappa shape index (κ2) is 5.98. The van der Waals surface area contributed by atoms with Gasteiger partial charge in [-0.05, 0) is 17.6 Å². The maximum Gasteiger partial charge on any atom is 0.410 e. The molecule has 2 heterocycles. The summed E-state index contributed by atoms with van der Waals surface area (Å²) in [6, 6.07) is 11.7.